The van der Waals surface area contributed by atoms with Crippen molar-refractivity contribution in [2.24, 2.45) is 0 Å². The standard InChI is InChI=1S/C17H18/c1-5-9-16-14(7-3)12(4)15-11-8-10-13(6-2)17(15)16/h5,7-11H,1,3,6H2,2,4H3/b16-9-. The van der Waals surface area contributed by atoms with E-state index in [1.807, 2.05) is 12.2 Å². The van der Waals surface area contributed by atoms with Gasteiger partial charge in [0.25, 0.3) is 0 Å². The van der Waals surface area contributed by atoms with Gasteiger partial charge in [0.05, 0.1) is 0 Å². The summed E-state index contributed by atoms with van der Waals surface area (Å²) in [6.07, 6.45) is 6.94. The van der Waals surface area contributed by atoms with Crippen LogP contribution in [0.5, 0.6) is 0 Å². The third-order valence-electron chi connectivity index (χ3n) is 3.39. The van der Waals surface area contributed by atoms with Crippen molar-refractivity contribution in [2.45, 2.75) is 20.3 Å². The van der Waals surface area contributed by atoms with E-state index in [1.165, 1.54) is 33.4 Å². The molecule has 86 valence electrons. The fourth-order valence-corrected chi connectivity index (χ4v) is 2.56. The van der Waals surface area contributed by atoms with Crippen LogP contribution in [0.4, 0.5) is 0 Å². The van der Waals surface area contributed by atoms with Crippen LogP contribution in [0.2, 0.25) is 0 Å². The first kappa shape index (κ1) is 11.7. The molecule has 1 aromatic rings. The minimum Gasteiger partial charge on any atom is -0.0990 e. The molecule has 0 fully saturated rings. The number of fused-ring (bicyclic) bond motifs is 1. The molecule has 0 unspecified atom stereocenters. The maximum absolute atomic E-state index is 3.93. The molecule has 0 nitrogen and oxygen atoms in total. The minimum absolute atomic E-state index is 1.05. The molecular weight excluding hydrogens is 204 g/mol. The van der Waals surface area contributed by atoms with E-state index in [-0.39, 0.29) is 0 Å². The highest BCUT2D eigenvalue weighted by atomic mass is 14.3. The molecule has 0 saturated heterocycles. The molecule has 0 spiro atoms. The topological polar surface area (TPSA) is 0 Å². The van der Waals surface area contributed by atoms with Gasteiger partial charge in [-0.25, -0.2) is 0 Å². The van der Waals surface area contributed by atoms with Crippen molar-refractivity contribution in [3.63, 3.8) is 0 Å². The summed E-state index contributed by atoms with van der Waals surface area (Å²) in [4.78, 5) is 0. The summed E-state index contributed by atoms with van der Waals surface area (Å²) in [5.74, 6) is 0. The van der Waals surface area contributed by atoms with Gasteiger partial charge in [-0.15, -0.1) is 0 Å². The van der Waals surface area contributed by atoms with Crippen LogP contribution < -0.4 is 0 Å². The Balaban J connectivity index is 2.77. The van der Waals surface area contributed by atoms with Crippen LogP contribution in [-0.2, 0) is 6.42 Å². The Kier molecular flexibility index (Phi) is 3.14. The average molecular weight is 222 g/mol. The minimum atomic E-state index is 1.05. The predicted molar refractivity (Wildman–Crippen MR) is 76.8 cm³/mol. The summed E-state index contributed by atoms with van der Waals surface area (Å²) in [7, 11) is 0. The predicted octanol–water partition coefficient (Wildman–Crippen LogP) is 4.79. The van der Waals surface area contributed by atoms with Gasteiger partial charge in [0.1, 0.15) is 0 Å². The molecule has 2 rings (SSSR count). The van der Waals surface area contributed by atoms with Crippen LogP contribution in [-0.4, -0.2) is 0 Å². The van der Waals surface area contributed by atoms with Crippen LogP contribution in [0.15, 0.2) is 55.2 Å². The number of aryl methyl sites for hydroxylation is 1. The van der Waals surface area contributed by atoms with Gasteiger partial charge in [0, 0.05) is 0 Å². The fraction of sp³-hybridized carbons (Fsp3) is 0.176. The molecule has 0 radical (unpaired) electrons. The number of hydrogen-bond acceptors (Lipinski definition) is 0. The van der Waals surface area contributed by atoms with Gasteiger partial charge in [-0.05, 0) is 46.8 Å². The van der Waals surface area contributed by atoms with Crippen molar-refractivity contribution in [1.82, 2.24) is 0 Å². The monoisotopic (exact) mass is 222 g/mol. The third-order valence-corrected chi connectivity index (χ3v) is 3.39. The highest BCUT2D eigenvalue weighted by Crippen LogP contribution is 2.43. The van der Waals surface area contributed by atoms with Gasteiger partial charge in [0.2, 0.25) is 0 Å². The zero-order chi connectivity index (χ0) is 12.4. The van der Waals surface area contributed by atoms with Gasteiger partial charge >= 0.3 is 0 Å². The fourth-order valence-electron chi connectivity index (χ4n) is 2.56. The maximum atomic E-state index is 3.93. The van der Waals surface area contributed by atoms with Crippen molar-refractivity contribution in [2.75, 3.05) is 0 Å². The molecule has 0 amide bonds. The van der Waals surface area contributed by atoms with Crippen molar-refractivity contribution in [3.8, 4) is 0 Å². The summed E-state index contributed by atoms with van der Waals surface area (Å²) >= 11 is 0. The van der Waals surface area contributed by atoms with E-state index in [0.717, 1.165) is 6.42 Å². The molecule has 0 aliphatic heterocycles. The molecule has 1 aromatic carbocycles. The maximum Gasteiger partial charge on any atom is -0.00704 e. The molecule has 0 aromatic heterocycles. The molecule has 0 saturated carbocycles. The first-order valence-electron chi connectivity index (χ1n) is 6.03. The van der Waals surface area contributed by atoms with Crippen LogP contribution in [0, 0.1) is 0 Å². The summed E-state index contributed by atoms with van der Waals surface area (Å²) in [5, 5.41) is 0. The second kappa shape index (κ2) is 4.58. The molecule has 0 N–H and O–H groups in total. The van der Waals surface area contributed by atoms with Gasteiger partial charge in [-0.2, -0.15) is 0 Å². The Bertz CT molecular complexity index is 539. The lowest BCUT2D eigenvalue weighted by Gasteiger charge is -2.09. The quantitative estimate of drug-likeness (QED) is 0.689. The smallest absolute Gasteiger partial charge is 0.00704 e. The highest BCUT2D eigenvalue weighted by Gasteiger charge is 2.23. The van der Waals surface area contributed by atoms with Gasteiger partial charge in [-0.1, -0.05) is 56.5 Å². The summed E-state index contributed by atoms with van der Waals surface area (Å²) in [6, 6.07) is 6.53. The van der Waals surface area contributed by atoms with Crippen LogP contribution in [0.1, 0.15) is 30.5 Å². The first-order chi connectivity index (χ1) is 8.24. The van der Waals surface area contributed by atoms with Crippen LogP contribution in [0.25, 0.3) is 11.1 Å². The van der Waals surface area contributed by atoms with E-state index in [0.29, 0.717) is 0 Å². The number of benzene rings is 1. The molecule has 1 aliphatic carbocycles. The molecule has 0 atom stereocenters. The van der Waals surface area contributed by atoms with Crippen molar-refractivity contribution in [3.05, 3.63) is 71.8 Å². The first-order valence-corrected chi connectivity index (χ1v) is 6.03. The van der Waals surface area contributed by atoms with Gasteiger partial charge in [0.15, 0.2) is 0 Å². The summed E-state index contributed by atoms with van der Waals surface area (Å²) in [5.41, 5.74) is 7.92. The lowest BCUT2D eigenvalue weighted by molar-refractivity contribution is 1.13. The van der Waals surface area contributed by atoms with Crippen molar-refractivity contribution >= 4 is 11.1 Å². The zero-order valence-corrected chi connectivity index (χ0v) is 10.6. The van der Waals surface area contributed by atoms with E-state index in [2.05, 4.69) is 51.3 Å². The lowest BCUT2D eigenvalue weighted by atomic mass is 9.95. The largest absolute Gasteiger partial charge is 0.0990 e. The molecule has 0 bridgehead atoms. The number of allylic oxidation sites excluding steroid dienone is 6. The molecule has 0 heterocycles. The molecule has 17 heavy (non-hydrogen) atoms. The summed E-state index contributed by atoms with van der Waals surface area (Å²) in [6.45, 7) is 12.1. The highest BCUT2D eigenvalue weighted by molar-refractivity contribution is 6.02. The average Bonchev–Trinajstić information content (AvgIpc) is 2.63. The Labute approximate surface area is 104 Å². The Hall–Kier alpha value is -1.82. The summed E-state index contributed by atoms with van der Waals surface area (Å²) < 4.78 is 0. The second-order valence-electron chi connectivity index (χ2n) is 4.25. The number of hydrogen-bond donors (Lipinski definition) is 0. The Morgan fingerprint density at radius 1 is 1.24 bits per heavy atom. The van der Waals surface area contributed by atoms with E-state index < -0.39 is 0 Å². The Morgan fingerprint density at radius 3 is 2.59 bits per heavy atom. The lowest BCUT2D eigenvalue weighted by Crippen LogP contribution is -1.92. The SMILES string of the molecule is C=C/C=C1/C(C=C)=C(C)c2cccc(CC)c21. The van der Waals surface area contributed by atoms with Crippen LogP contribution >= 0.6 is 0 Å². The normalized spacial score (nSPS) is 16.2. The van der Waals surface area contributed by atoms with E-state index >= 15 is 0 Å². The molecule has 0 heteroatoms. The van der Waals surface area contributed by atoms with E-state index in [1.54, 1.807) is 0 Å². The van der Waals surface area contributed by atoms with Crippen molar-refractivity contribution < 1.29 is 0 Å². The van der Waals surface area contributed by atoms with Gasteiger partial charge in [-0.3, -0.25) is 0 Å². The van der Waals surface area contributed by atoms with E-state index in [9.17, 15) is 0 Å². The second-order valence-corrected chi connectivity index (χ2v) is 4.25. The molecule has 1 aliphatic rings. The molecular formula is C17H18. The zero-order valence-electron chi connectivity index (χ0n) is 10.6. The number of rotatable bonds is 3. The van der Waals surface area contributed by atoms with Crippen molar-refractivity contribution in [1.29, 1.82) is 0 Å². The van der Waals surface area contributed by atoms with Gasteiger partial charge < -0.3 is 0 Å². The van der Waals surface area contributed by atoms with E-state index in [4.69, 9.17) is 0 Å². The van der Waals surface area contributed by atoms with Crippen LogP contribution in [0.3, 0.4) is 0 Å². The third kappa shape index (κ3) is 1.70. The Morgan fingerprint density at radius 2 is 2.00 bits per heavy atom.